The second kappa shape index (κ2) is 7.29. The van der Waals surface area contributed by atoms with Gasteiger partial charge in [-0.25, -0.2) is 0 Å². The fourth-order valence-electron chi connectivity index (χ4n) is 2.58. The van der Waals surface area contributed by atoms with Crippen molar-refractivity contribution in [2.45, 2.75) is 59.0 Å². The Kier molecular flexibility index (Phi) is 6.37. The van der Waals surface area contributed by atoms with Crippen LogP contribution in [0.3, 0.4) is 0 Å². The first kappa shape index (κ1) is 14.0. The van der Waals surface area contributed by atoms with Gasteiger partial charge in [-0.15, -0.1) is 0 Å². The topological polar surface area (TPSA) is 23.5 Å². The Morgan fingerprint density at radius 3 is 2.38 bits per heavy atom. The first-order chi connectivity index (χ1) is 7.67. The summed E-state index contributed by atoms with van der Waals surface area (Å²) in [6.45, 7) is 9.85. The second-order valence-electron chi connectivity index (χ2n) is 5.49. The smallest absolute Gasteiger partial charge is 0.0692 e. The molecule has 2 nitrogen and oxygen atoms in total. The Labute approximate surface area is 101 Å². The van der Waals surface area contributed by atoms with Crippen LogP contribution in [0.4, 0.5) is 0 Å². The quantitative estimate of drug-likeness (QED) is 0.754. The van der Waals surface area contributed by atoms with E-state index >= 15 is 0 Å². The molecule has 96 valence electrons. The van der Waals surface area contributed by atoms with Gasteiger partial charge in [-0.2, -0.15) is 0 Å². The van der Waals surface area contributed by atoms with Crippen molar-refractivity contribution < 1.29 is 5.11 Å². The molecule has 0 aliphatic carbocycles. The van der Waals surface area contributed by atoms with Crippen molar-refractivity contribution in [3.05, 3.63) is 0 Å². The number of hydrogen-bond donors (Lipinski definition) is 1. The number of aliphatic hydroxyl groups excluding tert-OH is 1. The third-order valence-electron chi connectivity index (χ3n) is 4.15. The van der Waals surface area contributed by atoms with Crippen molar-refractivity contribution in [2.24, 2.45) is 11.8 Å². The van der Waals surface area contributed by atoms with Crippen LogP contribution in [0, 0.1) is 11.8 Å². The maximum atomic E-state index is 10.00. The van der Waals surface area contributed by atoms with Crippen molar-refractivity contribution in [3.63, 3.8) is 0 Å². The molecule has 0 aromatic carbocycles. The third-order valence-corrected chi connectivity index (χ3v) is 4.15. The van der Waals surface area contributed by atoms with Crippen LogP contribution in [0.25, 0.3) is 0 Å². The summed E-state index contributed by atoms with van der Waals surface area (Å²) < 4.78 is 0. The van der Waals surface area contributed by atoms with Crippen molar-refractivity contribution >= 4 is 0 Å². The maximum absolute atomic E-state index is 10.00. The second-order valence-corrected chi connectivity index (χ2v) is 5.49. The van der Waals surface area contributed by atoms with Gasteiger partial charge >= 0.3 is 0 Å². The van der Waals surface area contributed by atoms with Crippen LogP contribution < -0.4 is 0 Å². The van der Waals surface area contributed by atoms with Crippen LogP contribution in [0.5, 0.6) is 0 Å². The zero-order valence-electron chi connectivity index (χ0n) is 11.3. The minimum absolute atomic E-state index is 0.132. The van der Waals surface area contributed by atoms with E-state index in [9.17, 15) is 5.11 Å². The number of nitrogens with zero attached hydrogens (tertiary/aromatic N) is 1. The SMILES string of the molecule is CCCC1CCN(CC(O)C(C)CC)CC1. The molecule has 1 rings (SSSR count). The van der Waals surface area contributed by atoms with Gasteiger partial charge in [0.05, 0.1) is 6.10 Å². The largest absolute Gasteiger partial charge is 0.392 e. The van der Waals surface area contributed by atoms with Crippen LogP contribution in [0.1, 0.15) is 52.9 Å². The molecular formula is C14H29NO. The number of aliphatic hydroxyl groups is 1. The Bertz CT molecular complexity index is 176. The summed E-state index contributed by atoms with van der Waals surface area (Å²) in [6.07, 6.45) is 6.32. The van der Waals surface area contributed by atoms with Gasteiger partial charge in [0.15, 0.2) is 0 Å². The molecule has 0 bridgehead atoms. The lowest BCUT2D eigenvalue weighted by Gasteiger charge is -2.34. The van der Waals surface area contributed by atoms with E-state index in [1.807, 2.05) is 0 Å². The van der Waals surface area contributed by atoms with Gasteiger partial charge in [0, 0.05) is 6.54 Å². The Morgan fingerprint density at radius 2 is 1.88 bits per heavy atom. The summed E-state index contributed by atoms with van der Waals surface area (Å²) in [5.41, 5.74) is 0. The Hall–Kier alpha value is -0.0800. The van der Waals surface area contributed by atoms with Crippen LogP contribution in [0.15, 0.2) is 0 Å². The zero-order valence-corrected chi connectivity index (χ0v) is 11.3. The molecule has 2 atom stereocenters. The van der Waals surface area contributed by atoms with Gasteiger partial charge in [0.2, 0.25) is 0 Å². The zero-order chi connectivity index (χ0) is 12.0. The molecule has 1 heterocycles. The average Bonchev–Trinajstić information content (AvgIpc) is 2.31. The lowest BCUT2D eigenvalue weighted by Crippen LogP contribution is -2.40. The standard InChI is InChI=1S/C14H29NO/c1-4-6-13-7-9-15(10-8-13)11-14(16)12(3)5-2/h12-14,16H,4-11H2,1-3H3. The summed E-state index contributed by atoms with van der Waals surface area (Å²) in [7, 11) is 0. The van der Waals surface area contributed by atoms with E-state index in [-0.39, 0.29) is 6.10 Å². The highest BCUT2D eigenvalue weighted by atomic mass is 16.3. The molecule has 0 aromatic heterocycles. The third kappa shape index (κ3) is 4.42. The fraction of sp³-hybridized carbons (Fsp3) is 1.00. The predicted octanol–water partition coefficient (Wildman–Crippen LogP) is 2.91. The molecular weight excluding hydrogens is 198 g/mol. The molecule has 16 heavy (non-hydrogen) atoms. The van der Waals surface area contributed by atoms with E-state index in [1.54, 1.807) is 0 Å². The predicted molar refractivity (Wildman–Crippen MR) is 69.5 cm³/mol. The summed E-state index contributed by atoms with van der Waals surface area (Å²) >= 11 is 0. The molecule has 2 unspecified atom stereocenters. The van der Waals surface area contributed by atoms with Gasteiger partial charge in [-0.1, -0.05) is 40.0 Å². The van der Waals surface area contributed by atoms with E-state index < -0.39 is 0 Å². The normalized spacial score (nSPS) is 23.2. The number of rotatable bonds is 6. The number of likely N-dealkylation sites (tertiary alicyclic amines) is 1. The minimum Gasteiger partial charge on any atom is -0.392 e. The van der Waals surface area contributed by atoms with Gasteiger partial charge in [-0.05, 0) is 37.8 Å². The van der Waals surface area contributed by atoms with E-state index in [4.69, 9.17) is 0 Å². The highest BCUT2D eigenvalue weighted by molar-refractivity contribution is 4.75. The lowest BCUT2D eigenvalue weighted by molar-refractivity contribution is 0.0532. The van der Waals surface area contributed by atoms with Gasteiger partial charge < -0.3 is 10.0 Å². The van der Waals surface area contributed by atoms with Crippen LogP contribution in [-0.2, 0) is 0 Å². The summed E-state index contributed by atoms with van der Waals surface area (Å²) in [4.78, 5) is 2.45. The fourth-order valence-corrected chi connectivity index (χ4v) is 2.58. The first-order valence-electron chi connectivity index (χ1n) is 7.07. The summed E-state index contributed by atoms with van der Waals surface area (Å²) in [6, 6.07) is 0. The van der Waals surface area contributed by atoms with Crippen molar-refractivity contribution in [2.75, 3.05) is 19.6 Å². The molecule has 0 spiro atoms. The highest BCUT2D eigenvalue weighted by Crippen LogP contribution is 2.22. The summed E-state index contributed by atoms with van der Waals surface area (Å²) in [5.74, 6) is 1.38. The van der Waals surface area contributed by atoms with Gasteiger partial charge in [-0.3, -0.25) is 0 Å². The van der Waals surface area contributed by atoms with Crippen LogP contribution in [-0.4, -0.2) is 35.7 Å². The van der Waals surface area contributed by atoms with Gasteiger partial charge in [0.1, 0.15) is 0 Å². The number of β-amino-alcohol motifs (C(OH)–C–C–N with tert-alkyl or cyclic N) is 1. The van der Waals surface area contributed by atoms with Crippen molar-refractivity contribution in [3.8, 4) is 0 Å². The maximum Gasteiger partial charge on any atom is 0.0692 e. The molecule has 1 aliphatic heterocycles. The first-order valence-corrected chi connectivity index (χ1v) is 7.07. The van der Waals surface area contributed by atoms with E-state index in [0.29, 0.717) is 5.92 Å². The van der Waals surface area contributed by atoms with Crippen molar-refractivity contribution in [1.82, 2.24) is 4.90 Å². The van der Waals surface area contributed by atoms with E-state index in [2.05, 4.69) is 25.7 Å². The highest BCUT2D eigenvalue weighted by Gasteiger charge is 2.22. The van der Waals surface area contributed by atoms with Crippen molar-refractivity contribution in [1.29, 1.82) is 0 Å². The molecule has 1 aliphatic rings. The van der Waals surface area contributed by atoms with E-state index in [0.717, 1.165) is 18.9 Å². The monoisotopic (exact) mass is 227 g/mol. The van der Waals surface area contributed by atoms with Crippen LogP contribution in [0.2, 0.25) is 0 Å². The Morgan fingerprint density at radius 1 is 1.25 bits per heavy atom. The molecule has 1 fully saturated rings. The lowest BCUT2D eigenvalue weighted by atomic mass is 9.92. The van der Waals surface area contributed by atoms with E-state index in [1.165, 1.54) is 38.8 Å². The molecule has 0 radical (unpaired) electrons. The number of hydrogen-bond acceptors (Lipinski definition) is 2. The minimum atomic E-state index is -0.132. The van der Waals surface area contributed by atoms with Gasteiger partial charge in [0.25, 0.3) is 0 Å². The molecule has 0 aromatic rings. The van der Waals surface area contributed by atoms with Crippen LogP contribution >= 0.6 is 0 Å². The molecule has 0 saturated carbocycles. The molecule has 2 heteroatoms. The number of piperidine rings is 1. The summed E-state index contributed by atoms with van der Waals surface area (Å²) in [5, 5.41) is 10.00. The Balaban J connectivity index is 2.21. The molecule has 1 N–H and O–H groups in total. The molecule has 1 saturated heterocycles. The average molecular weight is 227 g/mol. The molecule has 0 amide bonds.